The number of benzene rings is 2. The third kappa shape index (κ3) is 4.77. The highest BCUT2D eigenvalue weighted by Crippen LogP contribution is 2.46. The van der Waals surface area contributed by atoms with Crippen molar-refractivity contribution < 1.29 is 24.2 Å². The molecule has 186 valence electrons. The second-order valence-electron chi connectivity index (χ2n) is 10.7. The van der Waals surface area contributed by atoms with Crippen LogP contribution in [0.25, 0.3) is 11.1 Å². The molecule has 0 aromatic heterocycles. The molecule has 1 atom stereocenters. The van der Waals surface area contributed by atoms with E-state index in [1.54, 1.807) is 13.8 Å². The monoisotopic (exact) mass is 478 g/mol. The second kappa shape index (κ2) is 9.36. The number of carboxylic acid groups (broad SMARTS) is 1. The number of aliphatic carboxylic acids is 1. The second-order valence-corrected chi connectivity index (χ2v) is 10.7. The van der Waals surface area contributed by atoms with Crippen LogP contribution in [0.5, 0.6) is 0 Å². The lowest BCUT2D eigenvalue weighted by molar-refractivity contribution is -0.150. The zero-order valence-corrected chi connectivity index (χ0v) is 20.8. The molecule has 1 unspecified atom stereocenters. The van der Waals surface area contributed by atoms with Gasteiger partial charge in [-0.15, -0.1) is 0 Å². The van der Waals surface area contributed by atoms with Crippen molar-refractivity contribution in [3.8, 4) is 11.1 Å². The van der Waals surface area contributed by atoms with Gasteiger partial charge in [0.1, 0.15) is 6.61 Å². The third-order valence-corrected chi connectivity index (χ3v) is 7.53. The van der Waals surface area contributed by atoms with Crippen LogP contribution in [0.3, 0.4) is 0 Å². The molecule has 35 heavy (non-hydrogen) atoms. The lowest BCUT2D eigenvalue weighted by Gasteiger charge is -2.35. The van der Waals surface area contributed by atoms with Gasteiger partial charge in [0.05, 0.1) is 10.8 Å². The Morgan fingerprint density at radius 3 is 2.06 bits per heavy atom. The highest BCUT2D eigenvalue weighted by atomic mass is 16.5. The number of carboxylic acids is 1. The minimum Gasteiger partial charge on any atom is -0.481 e. The number of nitrogens with one attached hydrogen (secondary N) is 2. The molecule has 1 fully saturated rings. The van der Waals surface area contributed by atoms with Gasteiger partial charge in [-0.3, -0.25) is 9.59 Å². The molecule has 2 aliphatic rings. The van der Waals surface area contributed by atoms with E-state index in [1.807, 2.05) is 38.1 Å². The Morgan fingerprint density at radius 2 is 1.57 bits per heavy atom. The van der Waals surface area contributed by atoms with Crippen LogP contribution in [0, 0.1) is 16.7 Å². The largest absolute Gasteiger partial charge is 0.481 e. The summed E-state index contributed by atoms with van der Waals surface area (Å²) in [5.74, 6) is -1.27. The first-order valence-corrected chi connectivity index (χ1v) is 12.2. The smallest absolute Gasteiger partial charge is 0.407 e. The average molecular weight is 479 g/mol. The van der Waals surface area contributed by atoms with E-state index in [9.17, 15) is 19.5 Å². The summed E-state index contributed by atoms with van der Waals surface area (Å²) >= 11 is 0. The molecule has 0 aliphatic heterocycles. The molecule has 2 amide bonds. The molecule has 1 saturated carbocycles. The first-order chi connectivity index (χ1) is 16.6. The maximum atomic E-state index is 13.1. The van der Waals surface area contributed by atoms with Gasteiger partial charge in [-0.05, 0) is 54.9 Å². The number of amides is 2. The normalized spacial score (nSPS) is 16.7. The summed E-state index contributed by atoms with van der Waals surface area (Å²) in [7, 11) is 0. The maximum absolute atomic E-state index is 13.1. The van der Waals surface area contributed by atoms with Crippen molar-refractivity contribution >= 4 is 18.0 Å². The molecule has 0 spiro atoms. The topological polar surface area (TPSA) is 105 Å². The molecule has 0 saturated heterocycles. The lowest BCUT2D eigenvalue weighted by atomic mass is 9.78. The van der Waals surface area contributed by atoms with Gasteiger partial charge >= 0.3 is 12.1 Å². The molecule has 2 aromatic rings. The molecule has 7 heteroatoms. The standard InChI is InChI=1S/C28H34N2O5/c1-17(2)23(27(3,4)25(32)33)30-24(31)28(13-14-28)16-29-26(34)35-15-22-20-11-7-5-9-18(20)19-10-6-8-12-21(19)22/h5-12,17,22-23H,13-16H2,1-4H3,(H,29,34)(H,30,31)(H,32,33). The van der Waals surface area contributed by atoms with Crippen molar-refractivity contribution in [2.45, 2.75) is 52.5 Å². The number of ether oxygens (including phenoxy) is 1. The van der Waals surface area contributed by atoms with Crippen molar-refractivity contribution in [2.24, 2.45) is 16.7 Å². The predicted molar refractivity (Wildman–Crippen MR) is 133 cm³/mol. The fourth-order valence-corrected chi connectivity index (χ4v) is 5.13. The quantitative estimate of drug-likeness (QED) is 0.490. The average Bonchev–Trinajstić information content (AvgIpc) is 3.56. The maximum Gasteiger partial charge on any atom is 0.407 e. The molecule has 4 rings (SSSR count). The summed E-state index contributed by atoms with van der Waals surface area (Å²) in [5, 5.41) is 15.3. The van der Waals surface area contributed by atoms with E-state index in [4.69, 9.17) is 4.74 Å². The van der Waals surface area contributed by atoms with Crippen molar-refractivity contribution in [2.75, 3.05) is 13.2 Å². The van der Waals surface area contributed by atoms with Gasteiger partial charge in [0.25, 0.3) is 0 Å². The van der Waals surface area contributed by atoms with Gasteiger partial charge in [-0.25, -0.2) is 4.79 Å². The van der Waals surface area contributed by atoms with E-state index in [2.05, 4.69) is 34.9 Å². The van der Waals surface area contributed by atoms with Gasteiger partial charge in [0, 0.05) is 18.5 Å². The van der Waals surface area contributed by atoms with Gasteiger partial charge in [-0.2, -0.15) is 0 Å². The summed E-state index contributed by atoms with van der Waals surface area (Å²) in [4.78, 5) is 37.4. The summed E-state index contributed by atoms with van der Waals surface area (Å²) < 4.78 is 5.59. The van der Waals surface area contributed by atoms with Gasteiger partial charge < -0.3 is 20.5 Å². The SMILES string of the molecule is CC(C)C(NC(=O)C1(CNC(=O)OCC2c3ccccc3-c3ccccc32)CC1)C(C)(C)C(=O)O. The van der Waals surface area contributed by atoms with Crippen LogP contribution in [-0.4, -0.2) is 42.3 Å². The van der Waals surface area contributed by atoms with E-state index >= 15 is 0 Å². The molecular formula is C28H34N2O5. The van der Waals surface area contributed by atoms with E-state index < -0.39 is 28.9 Å². The van der Waals surface area contributed by atoms with Crippen LogP contribution in [0.1, 0.15) is 57.6 Å². The van der Waals surface area contributed by atoms with Crippen LogP contribution in [-0.2, 0) is 14.3 Å². The highest BCUT2D eigenvalue weighted by Gasteiger charge is 2.52. The highest BCUT2D eigenvalue weighted by molar-refractivity contribution is 5.87. The van der Waals surface area contributed by atoms with Crippen molar-refractivity contribution in [3.63, 3.8) is 0 Å². The van der Waals surface area contributed by atoms with Gasteiger partial charge in [0.15, 0.2) is 0 Å². The number of alkyl carbamates (subject to hydrolysis) is 1. The number of fused-ring (bicyclic) bond motifs is 3. The Morgan fingerprint density at radius 1 is 1.03 bits per heavy atom. The minimum absolute atomic E-state index is 0.0311. The van der Waals surface area contributed by atoms with E-state index in [-0.39, 0.29) is 30.9 Å². The van der Waals surface area contributed by atoms with Crippen molar-refractivity contribution in [1.29, 1.82) is 0 Å². The van der Waals surface area contributed by atoms with Crippen LogP contribution < -0.4 is 10.6 Å². The van der Waals surface area contributed by atoms with Crippen molar-refractivity contribution in [1.82, 2.24) is 10.6 Å². The van der Waals surface area contributed by atoms with Gasteiger partial charge in [0.2, 0.25) is 5.91 Å². The Kier molecular flexibility index (Phi) is 6.62. The fourth-order valence-electron chi connectivity index (χ4n) is 5.13. The lowest BCUT2D eigenvalue weighted by Crippen LogP contribution is -2.54. The fraction of sp³-hybridized carbons (Fsp3) is 0.464. The zero-order chi connectivity index (χ0) is 25.4. The Balaban J connectivity index is 1.35. The molecular weight excluding hydrogens is 444 g/mol. The van der Waals surface area contributed by atoms with E-state index in [0.717, 1.165) is 22.3 Å². The number of hydrogen-bond acceptors (Lipinski definition) is 4. The Labute approximate surface area is 206 Å². The van der Waals surface area contributed by atoms with Crippen molar-refractivity contribution in [3.05, 3.63) is 59.7 Å². The zero-order valence-electron chi connectivity index (χ0n) is 20.8. The predicted octanol–water partition coefficient (Wildman–Crippen LogP) is 4.56. The first kappa shape index (κ1) is 24.8. The van der Waals surface area contributed by atoms with Crippen LogP contribution in [0.2, 0.25) is 0 Å². The summed E-state index contributed by atoms with van der Waals surface area (Å²) in [5.41, 5.74) is 2.78. The molecule has 3 N–H and O–H groups in total. The summed E-state index contributed by atoms with van der Waals surface area (Å²) in [6, 6.07) is 15.8. The molecule has 2 aliphatic carbocycles. The molecule has 0 bridgehead atoms. The van der Waals surface area contributed by atoms with E-state index in [0.29, 0.717) is 12.8 Å². The Bertz CT molecular complexity index is 1090. The number of carbonyl (C=O) groups excluding carboxylic acids is 2. The summed E-state index contributed by atoms with van der Waals surface area (Å²) in [6.07, 6.45) is 0.721. The van der Waals surface area contributed by atoms with Crippen LogP contribution in [0.4, 0.5) is 4.79 Å². The molecule has 7 nitrogen and oxygen atoms in total. The molecule has 2 aromatic carbocycles. The number of hydrogen-bond donors (Lipinski definition) is 3. The first-order valence-electron chi connectivity index (χ1n) is 12.2. The molecule has 0 heterocycles. The summed E-state index contributed by atoms with van der Waals surface area (Å²) in [6.45, 7) is 7.40. The number of carbonyl (C=O) groups is 3. The minimum atomic E-state index is -1.11. The third-order valence-electron chi connectivity index (χ3n) is 7.53. The molecule has 0 radical (unpaired) electrons. The van der Waals surface area contributed by atoms with Crippen LogP contribution >= 0.6 is 0 Å². The van der Waals surface area contributed by atoms with Gasteiger partial charge in [-0.1, -0.05) is 62.4 Å². The number of rotatable bonds is 9. The van der Waals surface area contributed by atoms with E-state index in [1.165, 1.54) is 0 Å². The van der Waals surface area contributed by atoms with Crippen LogP contribution in [0.15, 0.2) is 48.5 Å². The Hall–Kier alpha value is -3.35.